The molecule has 0 radical (unpaired) electrons. The van der Waals surface area contributed by atoms with E-state index in [0.717, 1.165) is 49.3 Å². The molecule has 3 aliphatic heterocycles. The van der Waals surface area contributed by atoms with E-state index in [1.165, 1.54) is 0 Å². The number of ether oxygens (including phenoxy) is 1. The van der Waals surface area contributed by atoms with Gasteiger partial charge in [-0.05, 0) is 50.6 Å². The Bertz CT molecular complexity index is 1050. The summed E-state index contributed by atoms with van der Waals surface area (Å²) < 4.78 is 8.14. The first-order valence-electron chi connectivity index (χ1n) is 11.0. The fraction of sp³-hybridized carbons (Fsp3) is 0.417. The highest BCUT2D eigenvalue weighted by atomic mass is 35.5. The molecule has 5 rings (SSSR count). The number of nitrogens with zero attached hydrogens (tertiary/aromatic N) is 3. The number of rotatable bonds is 3. The summed E-state index contributed by atoms with van der Waals surface area (Å²) in [5, 5.41) is 8.77. The maximum absolute atomic E-state index is 13.5. The Labute approximate surface area is 187 Å². The highest BCUT2D eigenvalue weighted by Gasteiger charge is 2.33. The van der Waals surface area contributed by atoms with Gasteiger partial charge in [0, 0.05) is 17.7 Å². The van der Waals surface area contributed by atoms with Crippen LogP contribution < -0.4 is 10.1 Å². The standard InChI is InChI=1S/C24H27ClN4O2/c1-16-5-4-6-17(25)13-29-23(16)20-14-28(15-21(20)27-29)24(30)19-7-2-3-8-22(19)31-18-9-11-26-12-10-18/h2-4,6-8,13,16,18,26H,5,9-12,14-15H2,1H3. The molecule has 3 aliphatic rings. The van der Waals surface area contributed by atoms with E-state index in [1.54, 1.807) is 0 Å². The van der Waals surface area contributed by atoms with Gasteiger partial charge in [0.25, 0.3) is 5.91 Å². The summed E-state index contributed by atoms with van der Waals surface area (Å²) in [5.74, 6) is 0.976. The maximum Gasteiger partial charge on any atom is 0.258 e. The molecule has 1 amide bonds. The molecular weight excluding hydrogens is 412 g/mol. The number of hydrogen-bond donors (Lipinski definition) is 1. The SMILES string of the molecule is CC1CC=CC(Cl)=Cn2nc3c(c21)CN(C(=O)c1ccccc1OC1CCNCC1)C3. The Morgan fingerprint density at radius 1 is 1.23 bits per heavy atom. The van der Waals surface area contributed by atoms with E-state index in [0.29, 0.717) is 35.4 Å². The van der Waals surface area contributed by atoms with E-state index in [1.807, 2.05) is 46.1 Å². The first kappa shape index (κ1) is 20.3. The minimum atomic E-state index is -0.00625. The summed E-state index contributed by atoms with van der Waals surface area (Å²) in [6, 6.07) is 7.60. The summed E-state index contributed by atoms with van der Waals surface area (Å²) >= 11 is 6.28. The number of fused-ring (bicyclic) bond motifs is 3. The van der Waals surface area contributed by atoms with Gasteiger partial charge in [-0.3, -0.25) is 4.79 Å². The molecule has 1 aromatic carbocycles. The summed E-state index contributed by atoms with van der Waals surface area (Å²) in [6.45, 7) is 5.15. The van der Waals surface area contributed by atoms with Crippen LogP contribution in [0, 0.1) is 0 Å². The van der Waals surface area contributed by atoms with E-state index in [2.05, 4.69) is 18.3 Å². The normalized spacial score (nSPS) is 21.2. The molecule has 1 atom stereocenters. The van der Waals surface area contributed by atoms with Gasteiger partial charge in [0.05, 0.1) is 35.1 Å². The largest absolute Gasteiger partial charge is 0.489 e. The lowest BCUT2D eigenvalue weighted by atomic mass is 9.98. The van der Waals surface area contributed by atoms with Gasteiger partial charge in [-0.2, -0.15) is 5.10 Å². The number of para-hydroxylation sites is 1. The number of carbonyl (C=O) groups is 1. The van der Waals surface area contributed by atoms with Gasteiger partial charge in [0.2, 0.25) is 0 Å². The molecule has 1 aromatic heterocycles. The van der Waals surface area contributed by atoms with Crippen molar-refractivity contribution in [3.8, 4) is 5.75 Å². The van der Waals surface area contributed by atoms with Crippen molar-refractivity contribution in [1.82, 2.24) is 20.0 Å². The van der Waals surface area contributed by atoms with Crippen LogP contribution in [0.15, 0.2) is 41.4 Å². The number of benzene rings is 1. The molecule has 0 bridgehead atoms. The molecule has 31 heavy (non-hydrogen) atoms. The Hall–Kier alpha value is -2.57. The zero-order valence-electron chi connectivity index (χ0n) is 17.7. The zero-order valence-corrected chi connectivity index (χ0v) is 18.4. The first-order chi connectivity index (χ1) is 15.1. The molecule has 6 nitrogen and oxygen atoms in total. The smallest absolute Gasteiger partial charge is 0.258 e. The topological polar surface area (TPSA) is 59.4 Å². The maximum atomic E-state index is 13.5. The zero-order chi connectivity index (χ0) is 21.4. The van der Waals surface area contributed by atoms with Crippen LogP contribution in [0.1, 0.15) is 59.4 Å². The molecule has 1 N–H and O–H groups in total. The van der Waals surface area contributed by atoms with Crippen molar-refractivity contribution in [3.05, 3.63) is 64.0 Å². The third-order valence-electron chi connectivity index (χ3n) is 6.29. The molecule has 0 spiro atoms. The van der Waals surface area contributed by atoms with Crippen LogP contribution in [0.5, 0.6) is 5.75 Å². The molecule has 1 unspecified atom stereocenters. The molecule has 1 saturated heterocycles. The molecule has 1 fully saturated rings. The van der Waals surface area contributed by atoms with Gasteiger partial charge in [0.15, 0.2) is 0 Å². The van der Waals surface area contributed by atoms with Gasteiger partial charge in [0.1, 0.15) is 11.9 Å². The number of halogens is 1. The van der Waals surface area contributed by atoms with Crippen molar-refractivity contribution in [1.29, 1.82) is 0 Å². The number of amides is 1. The average Bonchev–Trinajstić information content (AvgIpc) is 3.30. The van der Waals surface area contributed by atoms with Crippen molar-refractivity contribution in [3.63, 3.8) is 0 Å². The molecule has 7 heteroatoms. The van der Waals surface area contributed by atoms with Crippen molar-refractivity contribution < 1.29 is 9.53 Å². The van der Waals surface area contributed by atoms with Crippen LogP contribution in [-0.4, -0.2) is 39.8 Å². The number of carbonyl (C=O) groups excluding carboxylic acids is 1. The highest BCUT2D eigenvalue weighted by molar-refractivity contribution is 6.32. The van der Waals surface area contributed by atoms with Crippen LogP contribution in [0.4, 0.5) is 0 Å². The molecule has 4 heterocycles. The van der Waals surface area contributed by atoms with E-state index in [-0.39, 0.29) is 12.0 Å². The van der Waals surface area contributed by atoms with E-state index >= 15 is 0 Å². The molecule has 162 valence electrons. The number of allylic oxidation sites excluding steroid dienone is 3. The number of nitrogens with one attached hydrogen (secondary N) is 1. The second-order valence-corrected chi connectivity index (χ2v) is 8.97. The third-order valence-corrected chi connectivity index (χ3v) is 6.51. The Morgan fingerprint density at radius 2 is 2.03 bits per heavy atom. The summed E-state index contributed by atoms with van der Waals surface area (Å²) in [6.07, 6.45) is 8.83. The van der Waals surface area contributed by atoms with E-state index < -0.39 is 0 Å². The number of piperidine rings is 1. The molecule has 0 saturated carbocycles. The summed E-state index contributed by atoms with van der Waals surface area (Å²) in [7, 11) is 0. The van der Waals surface area contributed by atoms with Crippen LogP contribution in [-0.2, 0) is 13.1 Å². The van der Waals surface area contributed by atoms with E-state index in [4.69, 9.17) is 21.4 Å². The van der Waals surface area contributed by atoms with E-state index in [9.17, 15) is 4.79 Å². The van der Waals surface area contributed by atoms with Crippen LogP contribution in [0.2, 0.25) is 0 Å². The lowest BCUT2D eigenvalue weighted by Crippen LogP contribution is -2.34. The fourth-order valence-electron chi connectivity index (χ4n) is 4.69. The van der Waals surface area contributed by atoms with Crippen molar-refractivity contribution in [2.24, 2.45) is 0 Å². The number of hydrogen-bond acceptors (Lipinski definition) is 4. The van der Waals surface area contributed by atoms with Gasteiger partial charge in [-0.25, -0.2) is 4.68 Å². The molecule has 0 aliphatic carbocycles. The minimum Gasteiger partial charge on any atom is -0.489 e. The Kier molecular flexibility index (Phi) is 5.59. The second kappa shape index (κ2) is 8.52. The Morgan fingerprint density at radius 3 is 2.87 bits per heavy atom. The fourth-order valence-corrected chi connectivity index (χ4v) is 4.87. The Balaban J connectivity index is 1.38. The number of aromatic nitrogens is 2. The lowest BCUT2D eigenvalue weighted by molar-refractivity contribution is 0.0738. The van der Waals surface area contributed by atoms with Crippen LogP contribution >= 0.6 is 11.6 Å². The molecular formula is C24H27ClN4O2. The highest BCUT2D eigenvalue weighted by Crippen LogP contribution is 2.35. The molecule has 2 aromatic rings. The second-order valence-electron chi connectivity index (χ2n) is 8.53. The summed E-state index contributed by atoms with van der Waals surface area (Å²) in [4.78, 5) is 15.3. The van der Waals surface area contributed by atoms with Gasteiger partial charge < -0.3 is 15.0 Å². The monoisotopic (exact) mass is 438 g/mol. The predicted molar refractivity (Wildman–Crippen MR) is 121 cm³/mol. The third kappa shape index (κ3) is 4.02. The predicted octanol–water partition coefficient (Wildman–Crippen LogP) is 4.27. The van der Waals surface area contributed by atoms with Crippen LogP contribution in [0.3, 0.4) is 0 Å². The van der Waals surface area contributed by atoms with Gasteiger partial charge in [-0.15, -0.1) is 0 Å². The van der Waals surface area contributed by atoms with Gasteiger partial charge >= 0.3 is 0 Å². The van der Waals surface area contributed by atoms with Crippen molar-refractivity contribution in [2.45, 2.75) is 51.3 Å². The average molecular weight is 439 g/mol. The quantitative estimate of drug-likeness (QED) is 0.777. The summed E-state index contributed by atoms with van der Waals surface area (Å²) in [5.41, 5.74) is 3.87. The lowest BCUT2D eigenvalue weighted by Gasteiger charge is -2.26. The minimum absolute atomic E-state index is 0.00625. The first-order valence-corrected chi connectivity index (χ1v) is 11.4. The van der Waals surface area contributed by atoms with Crippen molar-refractivity contribution in [2.75, 3.05) is 13.1 Å². The van der Waals surface area contributed by atoms with Crippen LogP contribution in [0.25, 0.3) is 6.20 Å². The van der Waals surface area contributed by atoms with Crippen molar-refractivity contribution >= 4 is 23.7 Å². The van der Waals surface area contributed by atoms with Gasteiger partial charge in [-0.1, -0.05) is 36.7 Å².